The Bertz CT molecular complexity index is 813. The van der Waals surface area contributed by atoms with Crippen molar-refractivity contribution in [2.45, 2.75) is 19.1 Å². The molecule has 1 N–H and O–H groups in total. The highest BCUT2D eigenvalue weighted by Crippen LogP contribution is 2.33. The molecule has 0 aliphatic carbocycles. The van der Waals surface area contributed by atoms with E-state index in [0.29, 0.717) is 0 Å². The fraction of sp³-hybridized carbons (Fsp3) is 0.364. The molecule has 2 atom stereocenters. The number of fused-ring (bicyclic) bond motifs is 1. The van der Waals surface area contributed by atoms with Gasteiger partial charge in [-0.2, -0.15) is 0 Å². The monoisotopic (exact) mass is 422 g/mol. The van der Waals surface area contributed by atoms with Crippen molar-refractivity contribution in [2.75, 3.05) is 32.7 Å². The molecule has 0 radical (unpaired) electrons. The molecule has 6 heteroatoms. The van der Waals surface area contributed by atoms with Gasteiger partial charge in [0.15, 0.2) is 0 Å². The van der Waals surface area contributed by atoms with Crippen molar-refractivity contribution < 1.29 is 9.52 Å². The van der Waals surface area contributed by atoms with Crippen LogP contribution in [0.4, 0.5) is 0 Å². The van der Waals surface area contributed by atoms with E-state index in [0.717, 1.165) is 49.5 Å². The van der Waals surface area contributed by atoms with E-state index in [9.17, 15) is 5.11 Å². The largest absolute Gasteiger partial charge is 0.459 e. The number of aliphatic hydroxyl groups excluding tert-OH is 1. The molecule has 152 valence electrons. The van der Waals surface area contributed by atoms with E-state index in [1.54, 1.807) is 0 Å². The van der Waals surface area contributed by atoms with Gasteiger partial charge in [-0.05, 0) is 24.6 Å². The summed E-state index contributed by atoms with van der Waals surface area (Å²) in [5.41, 5.74) is 2.20. The minimum Gasteiger partial charge on any atom is -0.459 e. The lowest BCUT2D eigenvalue weighted by Crippen LogP contribution is -2.49. The first-order chi connectivity index (χ1) is 12.7. The van der Waals surface area contributed by atoms with Crippen LogP contribution in [0.5, 0.6) is 0 Å². The van der Waals surface area contributed by atoms with Crippen LogP contribution in [0, 0.1) is 0 Å². The van der Waals surface area contributed by atoms with Gasteiger partial charge in [0, 0.05) is 38.1 Å². The third kappa shape index (κ3) is 5.07. The standard InChI is InChI=1S/C22H26N2O2.2ClH/c1-17(25)16-23-11-13-24(14-12-23)22(18-7-3-2-4-8-18)21-15-19-9-5-6-10-20(19)26-21;;/h2-10,15,17,22,25H,11-14,16H2,1H3;2*1H. The number of furan rings is 1. The number of para-hydroxylation sites is 1. The Morgan fingerprint density at radius 3 is 2.21 bits per heavy atom. The van der Waals surface area contributed by atoms with Crippen molar-refractivity contribution in [3.63, 3.8) is 0 Å². The second-order valence-electron chi connectivity index (χ2n) is 7.19. The molecule has 2 unspecified atom stereocenters. The quantitative estimate of drug-likeness (QED) is 0.662. The van der Waals surface area contributed by atoms with Crippen LogP contribution in [0.3, 0.4) is 0 Å². The van der Waals surface area contributed by atoms with Crippen molar-refractivity contribution in [1.82, 2.24) is 9.80 Å². The highest BCUT2D eigenvalue weighted by molar-refractivity contribution is 5.85. The molecular weight excluding hydrogens is 395 g/mol. The topological polar surface area (TPSA) is 39.9 Å². The van der Waals surface area contributed by atoms with E-state index in [1.807, 2.05) is 25.1 Å². The summed E-state index contributed by atoms with van der Waals surface area (Å²) >= 11 is 0. The van der Waals surface area contributed by atoms with Gasteiger partial charge in [-0.3, -0.25) is 9.80 Å². The summed E-state index contributed by atoms with van der Waals surface area (Å²) in [4.78, 5) is 4.83. The fourth-order valence-corrected chi connectivity index (χ4v) is 3.91. The molecule has 0 amide bonds. The van der Waals surface area contributed by atoms with Gasteiger partial charge in [0.25, 0.3) is 0 Å². The van der Waals surface area contributed by atoms with E-state index in [4.69, 9.17) is 4.42 Å². The molecule has 3 aromatic rings. The zero-order valence-corrected chi connectivity index (χ0v) is 17.7. The zero-order valence-electron chi connectivity index (χ0n) is 16.0. The molecule has 1 aromatic heterocycles. The summed E-state index contributed by atoms with van der Waals surface area (Å²) in [6, 6.07) is 21.1. The number of nitrogens with zero attached hydrogens (tertiary/aromatic N) is 2. The number of halogens is 2. The maximum absolute atomic E-state index is 9.65. The Morgan fingerprint density at radius 2 is 1.57 bits per heavy atom. The molecule has 1 saturated heterocycles. The average Bonchev–Trinajstić information content (AvgIpc) is 3.07. The van der Waals surface area contributed by atoms with Crippen LogP contribution in [0.2, 0.25) is 0 Å². The third-order valence-corrected chi connectivity index (χ3v) is 5.12. The van der Waals surface area contributed by atoms with Crippen molar-refractivity contribution in [3.05, 3.63) is 72.0 Å². The SMILES string of the molecule is CC(O)CN1CCN(C(c2ccccc2)c2cc3ccccc3o2)CC1.Cl.Cl. The first kappa shape index (κ1) is 22.7. The van der Waals surface area contributed by atoms with Gasteiger partial charge < -0.3 is 9.52 Å². The number of aliphatic hydroxyl groups is 1. The Labute approximate surface area is 178 Å². The van der Waals surface area contributed by atoms with Gasteiger partial charge in [-0.25, -0.2) is 0 Å². The lowest BCUT2D eigenvalue weighted by atomic mass is 10.0. The van der Waals surface area contributed by atoms with Crippen molar-refractivity contribution >= 4 is 35.8 Å². The van der Waals surface area contributed by atoms with E-state index >= 15 is 0 Å². The van der Waals surface area contributed by atoms with E-state index in [1.165, 1.54) is 5.56 Å². The maximum atomic E-state index is 9.65. The summed E-state index contributed by atoms with van der Waals surface area (Å²) in [6.07, 6.45) is -0.276. The van der Waals surface area contributed by atoms with Gasteiger partial charge in [0.05, 0.1) is 12.1 Å². The van der Waals surface area contributed by atoms with Crippen LogP contribution in [0.25, 0.3) is 11.0 Å². The number of β-amino-alcohol motifs (C(OH)–C–C–N with tert-alkyl or cyclic N) is 1. The predicted octanol–water partition coefficient (Wildman–Crippen LogP) is 4.36. The third-order valence-electron chi connectivity index (χ3n) is 5.12. The molecule has 1 aliphatic heterocycles. The van der Waals surface area contributed by atoms with Crippen LogP contribution in [0.15, 0.2) is 65.1 Å². The van der Waals surface area contributed by atoms with E-state index in [2.05, 4.69) is 52.3 Å². The van der Waals surface area contributed by atoms with Gasteiger partial charge >= 0.3 is 0 Å². The van der Waals surface area contributed by atoms with Crippen molar-refractivity contribution in [2.24, 2.45) is 0 Å². The van der Waals surface area contributed by atoms with Crippen LogP contribution in [-0.2, 0) is 0 Å². The van der Waals surface area contributed by atoms with Crippen LogP contribution < -0.4 is 0 Å². The molecule has 28 heavy (non-hydrogen) atoms. The Morgan fingerprint density at radius 1 is 0.929 bits per heavy atom. The smallest absolute Gasteiger partial charge is 0.134 e. The number of piperazine rings is 1. The molecule has 1 aliphatic rings. The van der Waals surface area contributed by atoms with E-state index in [-0.39, 0.29) is 37.0 Å². The Balaban J connectivity index is 0.00000140. The van der Waals surface area contributed by atoms with Crippen molar-refractivity contribution in [3.8, 4) is 0 Å². The predicted molar refractivity (Wildman–Crippen MR) is 119 cm³/mol. The number of benzene rings is 2. The lowest BCUT2D eigenvalue weighted by Gasteiger charge is -2.39. The normalized spacial score (nSPS) is 17.5. The van der Waals surface area contributed by atoms with Crippen molar-refractivity contribution in [1.29, 1.82) is 0 Å². The van der Waals surface area contributed by atoms with Crippen LogP contribution in [0.1, 0.15) is 24.3 Å². The zero-order chi connectivity index (χ0) is 17.9. The molecule has 0 saturated carbocycles. The second-order valence-corrected chi connectivity index (χ2v) is 7.19. The molecule has 2 heterocycles. The molecule has 2 aromatic carbocycles. The minimum atomic E-state index is -0.276. The van der Waals surface area contributed by atoms with Crippen LogP contribution in [-0.4, -0.2) is 53.7 Å². The molecular formula is C22H28Cl2N2O2. The summed E-state index contributed by atoms with van der Waals surface area (Å²) in [7, 11) is 0. The lowest BCUT2D eigenvalue weighted by molar-refractivity contribution is 0.0656. The molecule has 4 nitrogen and oxygen atoms in total. The number of hydrogen-bond donors (Lipinski definition) is 1. The summed E-state index contributed by atoms with van der Waals surface area (Å²) in [5.74, 6) is 1.00. The minimum absolute atomic E-state index is 0. The summed E-state index contributed by atoms with van der Waals surface area (Å²) in [6.45, 7) is 6.46. The fourth-order valence-electron chi connectivity index (χ4n) is 3.91. The van der Waals surface area contributed by atoms with Gasteiger partial charge in [0.2, 0.25) is 0 Å². The molecule has 0 spiro atoms. The van der Waals surface area contributed by atoms with E-state index < -0.39 is 0 Å². The second kappa shape index (κ2) is 10.3. The highest BCUT2D eigenvalue weighted by Gasteiger charge is 2.29. The molecule has 1 fully saturated rings. The first-order valence-corrected chi connectivity index (χ1v) is 9.38. The van der Waals surface area contributed by atoms with Gasteiger partial charge in [0.1, 0.15) is 11.3 Å². The number of rotatable bonds is 5. The molecule has 4 rings (SSSR count). The molecule has 0 bridgehead atoms. The number of hydrogen-bond acceptors (Lipinski definition) is 4. The first-order valence-electron chi connectivity index (χ1n) is 9.38. The maximum Gasteiger partial charge on any atom is 0.134 e. The van der Waals surface area contributed by atoms with Gasteiger partial charge in [-0.15, -0.1) is 24.8 Å². The summed E-state index contributed by atoms with van der Waals surface area (Å²) in [5, 5.41) is 10.8. The highest BCUT2D eigenvalue weighted by atomic mass is 35.5. The Kier molecular flexibility index (Phi) is 8.35. The van der Waals surface area contributed by atoms with Gasteiger partial charge in [-0.1, -0.05) is 48.5 Å². The summed E-state index contributed by atoms with van der Waals surface area (Å²) < 4.78 is 6.23. The average molecular weight is 423 g/mol. The Hall–Kier alpha value is -1.56. The van der Waals surface area contributed by atoms with Crippen LogP contribution >= 0.6 is 24.8 Å².